The number of amides is 1. The molecule has 1 atom stereocenters. The van der Waals surface area contributed by atoms with Crippen LogP contribution in [0.25, 0.3) is 6.08 Å². The summed E-state index contributed by atoms with van der Waals surface area (Å²) in [5.41, 5.74) is 1.46. The lowest BCUT2D eigenvalue weighted by atomic mass is 10.0. The molecule has 0 aliphatic carbocycles. The van der Waals surface area contributed by atoms with Crippen LogP contribution in [0.5, 0.6) is 11.5 Å². The van der Waals surface area contributed by atoms with E-state index in [1.165, 1.54) is 18.2 Å². The molecule has 1 unspecified atom stereocenters. The number of hydrogen-bond donors (Lipinski definition) is 1. The Hall–Kier alpha value is -2.97. The van der Waals surface area contributed by atoms with Gasteiger partial charge in [-0.05, 0) is 29.8 Å². The minimum atomic E-state index is -2.93. The Morgan fingerprint density at radius 1 is 1.16 bits per heavy atom. The molecular weight excluding hydrogens is 406 g/mol. The van der Waals surface area contributed by atoms with Crippen LogP contribution in [0.1, 0.15) is 17.2 Å². The third-order valence-electron chi connectivity index (χ3n) is 5.01. The van der Waals surface area contributed by atoms with E-state index in [9.17, 15) is 13.6 Å². The number of morpholine rings is 1. The fraction of sp³-hybridized carbons (Fsp3) is 0.348. The number of rotatable bonds is 9. The van der Waals surface area contributed by atoms with Gasteiger partial charge in [0.25, 0.3) is 0 Å². The molecule has 1 heterocycles. The van der Waals surface area contributed by atoms with E-state index < -0.39 is 6.61 Å². The van der Waals surface area contributed by atoms with Crippen LogP contribution in [-0.2, 0) is 9.53 Å². The number of hydrogen-bond acceptors (Lipinski definition) is 5. The number of carbonyl (C=O) groups excluding carboxylic acids is 1. The maximum atomic E-state index is 12.5. The highest BCUT2D eigenvalue weighted by molar-refractivity contribution is 5.92. The molecule has 6 nitrogen and oxygen atoms in total. The first-order chi connectivity index (χ1) is 15.1. The number of methoxy groups -OCH3 is 1. The van der Waals surface area contributed by atoms with E-state index in [2.05, 4.69) is 15.0 Å². The summed E-state index contributed by atoms with van der Waals surface area (Å²) in [6.45, 7) is 0.275. The molecule has 0 bridgehead atoms. The van der Waals surface area contributed by atoms with Crippen molar-refractivity contribution in [3.8, 4) is 11.5 Å². The average molecular weight is 432 g/mol. The van der Waals surface area contributed by atoms with Crippen molar-refractivity contribution in [2.75, 3.05) is 40.0 Å². The second kappa shape index (κ2) is 11.4. The number of carbonyl (C=O) groups is 1. The van der Waals surface area contributed by atoms with Gasteiger partial charge in [0.1, 0.15) is 11.5 Å². The molecule has 0 spiro atoms. The average Bonchev–Trinajstić information content (AvgIpc) is 2.79. The molecule has 2 aromatic carbocycles. The van der Waals surface area contributed by atoms with Crippen LogP contribution in [0.3, 0.4) is 0 Å². The molecule has 1 saturated heterocycles. The normalized spacial score (nSPS) is 15.7. The van der Waals surface area contributed by atoms with Gasteiger partial charge in [-0.3, -0.25) is 9.69 Å². The molecule has 1 aliphatic rings. The highest BCUT2D eigenvalue weighted by Crippen LogP contribution is 2.24. The zero-order valence-electron chi connectivity index (χ0n) is 17.3. The zero-order chi connectivity index (χ0) is 22.1. The Morgan fingerprint density at radius 2 is 1.87 bits per heavy atom. The predicted molar refractivity (Wildman–Crippen MR) is 113 cm³/mol. The van der Waals surface area contributed by atoms with Gasteiger partial charge in [-0.15, -0.1) is 0 Å². The van der Waals surface area contributed by atoms with Crippen molar-refractivity contribution in [3.63, 3.8) is 0 Å². The number of halogens is 2. The molecule has 166 valence electrons. The van der Waals surface area contributed by atoms with E-state index in [0.29, 0.717) is 25.3 Å². The fourth-order valence-corrected chi connectivity index (χ4v) is 3.42. The molecule has 31 heavy (non-hydrogen) atoms. The molecule has 8 heteroatoms. The Balaban J connectivity index is 1.66. The van der Waals surface area contributed by atoms with Crippen LogP contribution in [0.15, 0.2) is 54.6 Å². The molecule has 0 saturated carbocycles. The molecule has 1 amide bonds. The third-order valence-corrected chi connectivity index (χ3v) is 5.01. The van der Waals surface area contributed by atoms with Gasteiger partial charge in [0.15, 0.2) is 0 Å². The SMILES string of the molecule is COc1ccc(C(CNC(=O)/C=C/c2ccccc2OC(F)F)N2CCOCC2)cc1. The summed E-state index contributed by atoms with van der Waals surface area (Å²) in [7, 11) is 1.62. The predicted octanol–water partition coefficient (Wildman–Crippen LogP) is 3.50. The Kier molecular flexibility index (Phi) is 8.37. The van der Waals surface area contributed by atoms with Crippen molar-refractivity contribution in [1.82, 2.24) is 10.2 Å². The van der Waals surface area contributed by atoms with Gasteiger partial charge in [0.05, 0.1) is 26.4 Å². The van der Waals surface area contributed by atoms with E-state index >= 15 is 0 Å². The minimum absolute atomic E-state index is 0.0194. The van der Waals surface area contributed by atoms with Gasteiger partial charge in [0.2, 0.25) is 5.91 Å². The highest BCUT2D eigenvalue weighted by atomic mass is 19.3. The summed E-state index contributed by atoms with van der Waals surface area (Å²) in [6, 6.07) is 14.1. The lowest BCUT2D eigenvalue weighted by Gasteiger charge is -2.34. The van der Waals surface area contributed by atoms with Crippen molar-refractivity contribution < 1.29 is 27.8 Å². The van der Waals surface area contributed by atoms with Gasteiger partial charge in [-0.25, -0.2) is 0 Å². The van der Waals surface area contributed by atoms with Crippen molar-refractivity contribution >= 4 is 12.0 Å². The number of nitrogens with zero attached hydrogens (tertiary/aromatic N) is 1. The van der Waals surface area contributed by atoms with Gasteiger partial charge >= 0.3 is 6.61 Å². The molecule has 1 N–H and O–H groups in total. The van der Waals surface area contributed by atoms with Crippen LogP contribution in [0.4, 0.5) is 8.78 Å². The number of alkyl halides is 2. The molecule has 1 aliphatic heterocycles. The lowest BCUT2D eigenvalue weighted by molar-refractivity contribution is -0.116. The van der Waals surface area contributed by atoms with Gasteiger partial charge in [0, 0.05) is 31.3 Å². The molecule has 2 aromatic rings. The largest absolute Gasteiger partial charge is 0.497 e. The third kappa shape index (κ3) is 6.77. The van der Waals surface area contributed by atoms with E-state index in [1.807, 2.05) is 24.3 Å². The Labute approximate surface area is 180 Å². The maximum absolute atomic E-state index is 12.5. The lowest BCUT2D eigenvalue weighted by Crippen LogP contribution is -2.43. The summed E-state index contributed by atoms with van der Waals surface area (Å²) >= 11 is 0. The molecule has 0 radical (unpaired) electrons. The second-order valence-electron chi connectivity index (χ2n) is 6.93. The summed E-state index contributed by atoms with van der Waals surface area (Å²) in [6.07, 6.45) is 2.78. The summed E-state index contributed by atoms with van der Waals surface area (Å²) in [5.74, 6) is 0.464. The first kappa shape index (κ1) is 22.7. The smallest absolute Gasteiger partial charge is 0.387 e. The number of nitrogens with one attached hydrogen (secondary N) is 1. The zero-order valence-corrected chi connectivity index (χ0v) is 17.3. The summed E-state index contributed by atoms with van der Waals surface area (Å²) < 4.78 is 40.3. The van der Waals surface area contributed by atoms with Crippen LogP contribution in [0, 0.1) is 0 Å². The van der Waals surface area contributed by atoms with Crippen molar-refractivity contribution in [1.29, 1.82) is 0 Å². The van der Waals surface area contributed by atoms with Gasteiger partial charge < -0.3 is 19.5 Å². The van der Waals surface area contributed by atoms with Crippen LogP contribution in [-0.4, -0.2) is 57.4 Å². The van der Waals surface area contributed by atoms with E-state index in [-0.39, 0.29) is 17.7 Å². The molecule has 0 aromatic heterocycles. The number of benzene rings is 2. The van der Waals surface area contributed by atoms with Gasteiger partial charge in [-0.1, -0.05) is 30.3 Å². The van der Waals surface area contributed by atoms with Crippen LogP contribution < -0.4 is 14.8 Å². The van der Waals surface area contributed by atoms with Crippen LogP contribution in [0.2, 0.25) is 0 Å². The van der Waals surface area contributed by atoms with Crippen molar-refractivity contribution in [3.05, 3.63) is 65.7 Å². The van der Waals surface area contributed by atoms with Gasteiger partial charge in [-0.2, -0.15) is 8.78 Å². The van der Waals surface area contributed by atoms with Crippen molar-refractivity contribution in [2.24, 2.45) is 0 Å². The first-order valence-corrected chi connectivity index (χ1v) is 10.0. The summed E-state index contributed by atoms with van der Waals surface area (Å²) in [5, 5.41) is 2.91. The van der Waals surface area contributed by atoms with E-state index in [1.54, 1.807) is 25.3 Å². The summed E-state index contributed by atoms with van der Waals surface area (Å²) in [4.78, 5) is 14.7. The van der Waals surface area contributed by atoms with E-state index in [4.69, 9.17) is 9.47 Å². The topological polar surface area (TPSA) is 60.0 Å². The second-order valence-corrected chi connectivity index (χ2v) is 6.93. The molecule has 3 rings (SSSR count). The van der Waals surface area contributed by atoms with Crippen molar-refractivity contribution in [2.45, 2.75) is 12.7 Å². The standard InChI is InChI=1S/C23H26F2N2O4/c1-29-19-9-6-17(7-10-19)20(27-12-14-30-15-13-27)16-26-22(28)11-8-18-4-2-3-5-21(18)31-23(24)25/h2-11,20,23H,12-16H2,1H3,(H,26,28)/b11-8+. The minimum Gasteiger partial charge on any atom is -0.497 e. The Bertz CT molecular complexity index is 868. The quantitative estimate of drug-likeness (QED) is 0.615. The fourth-order valence-electron chi connectivity index (χ4n) is 3.42. The number of ether oxygens (including phenoxy) is 3. The Morgan fingerprint density at radius 3 is 2.55 bits per heavy atom. The molecule has 1 fully saturated rings. The van der Waals surface area contributed by atoms with E-state index in [0.717, 1.165) is 24.4 Å². The van der Waals surface area contributed by atoms with Crippen LogP contribution >= 0.6 is 0 Å². The highest BCUT2D eigenvalue weighted by Gasteiger charge is 2.23. The molecular formula is C23H26F2N2O4. The monoisotopic (exact) mass is 432 g/mol. The first-order valence-electron chi connectivity index (χ1n) is 10.0. The number of para-hydroxylation sites is 1. The maximum Gasteiger partial charge on any atom is 0.387 e.